The van der Waals surface area contributed by atoms with Gasteiger partial charge in [-0.3, -0.25) is 17.5 Å². The summed E-state index contributed by atoms with van der Waals surface area (Å²) in [6.45, 7) is 1.47. The highest BCUT2D eigenvalue weighted by Crippen LogP contribution is 2.24. The molecule has 1 rings (SSSR count). The maximum atomic E-state index is 10.7. The average molecular weight is 280 g/mol. The van der Waals surface area contributed by atoms with E-state index in [4.69, 9.17) is 13.3 Å². The quantitative estimate of drug-likeness (QED) is 0.766. The highest BCUT2D eigenvalue weighted by Gasteiger charge is 2.25. The third kappa shape index (κ3) is 5.02. The molecule has 0 heterocycles. The van der Waals surface area contributed by atoms with Crippen LogP contribution in [0.5, 0.6) is 0 Å². The predicted molar refractivity (Wildman–Crippen MR) is 62.4 cm³/mol. The second-order valence-corrected chi connectivity index (χ2v) is 4.42. The number of rotatable bonds is 6. The summed E-state index contributed by atoms with van der Waals surface area (Å²) >= 11 is -4.96. The summed E-state index contributed by atoms with van der Waals surface area (Å²) in [5.74, 6) is 0. The summed E-state index contributed by atoms with van der Waals surface area (Å²) in [6.07, 6.45) is -1.75. The molecule has 4 unspecified atom stereocenters. The Labute approximate surface area is 104 Å². The van der Waals surface area contributed by atoms with Crippen molar-refractivity contribution in [2.24, 2.45) is 0 Å². The highest BCUT2D eigenvalue weighted by molar-refractivity contribution is 7.74. The van der Waals surface area contributed by atoms with Gasteiger partial charge in [-0.05, 0) is 12.5 Å². The molecule has 0 bridgehead atoms. The van der Waals surface area contributed by atoms with Gasteiger partial charge < -0.3 is 0 Å². The van der Waals surface area contributed by atoms with E-state index in [1.165, 1.54) is 6.92 Å². The topological polar surface area (TPSA) is 93.1 Å². The van der Waals surface area contributed by atoms with Crippen LogP contribution in [0.1, 0.15) is 18.6 Å². The van der Waals surface area contributed by atoms with E-state index in [0.29, 0.717) is 5.56 Å². The van der Waals surface area contributed by atoms with E-state index < -0.39 is 34.9 Å². The fraction of sp³-hybridized carbons (Fsp3) is 0.333. The van der Waals surface area contributed by atoms with Crippen molar-refractivity contribution >= 4 is 22.7 Å². The van der Waals surface area contributed by atoms with Gasteiger partial charge in [-0.2, -0.15) is 8.42 Å². The Morgan fingerprint density at radius 1 is 1.06 bits per heavy atom. The number of benzene rings is 1. The molecule has 8 heteroatoms. The molecule has 2 N–H and O–H groups in total. The zero-order valence-electron chi connectivity index (χ0n) is 8.89. The van der Waals surface area contributed by atoms with Crippen LogP contribution >= 0.6 is 0 Å². The molecule has 0 saturated carbocycles. The van der Waals surface area contributed by atoms with Crippen LogP contribution in [0.4, 0.5) is 0 Å². The lowest BCUT2D eigenvalue weighted by Crippen LogP contribution is -2.23. The van der Waals surface area contributed by atoms with Crippen LogP contribution in [0.25, 0.3) is 0 Å². The molecule has 96 valence electrons. The summed E-state index contributed by atoms with van der Waals surface area (Å²) in [7, 11) is 0. The minimum Gasteiger partial charge on any atom is -0.284 e. The molecule has 0 aliphatic heterocycles. The number of hydrogen-bond acceptors (Lipinski definition) is 4. The molecule has 0 spiro atoms. The second-order valence-electron chi connectivity index (χ2n) is 3.16. The minimum atomic E-state index is -2.49. The van der Waals surface area contributed by atoms with Gasteiger partial charge in [0.2, 0.25) is 0 Å². The van der Waals surface area contributed by atoms with E-state index in [2.05, 4.69) is 4.18 Å². The smallest absolute Gasteiger partial charge is 0.284 e. The normalized spacial score (nSPS) is 18.3. The molecule has 17 heavy (non-hydrogen) atoms. The maximum absolute atomic E-state index is 10.7. The molecule has 0 amide bonds. The third-order valence-electron chi connectivity index (χ3n) is 1.97. The van der Waals surface area contributed by atoms with Gasteiger partial charge >= 0.3 is 22.7 Å². The average Bonchev–Trinajstić information content (AvgIpc) is 2.25. The lowest BCUT2D eigenvalue weighted by Gasteiger charge is -2.20. The van der Waals surface area contributed by atoms with Crippen LogP contribution in [0, 0.1) is 0 Å². The molecular formula is C9H12O6S2. The van der Waals surface area contributed by atoms with Crippen molar-refractivity contribution in [1.29, 1.82) is 0 Å². The third-order valence-corrected chi connectivity index (χ3v) is 2.81. The molecule has 4 atom stereocenters. The Morgan fingerprint density at radius 2 is 1.59 bits per heavy atom. The fourth-order valence-electron chi connectivity index (χ4n) is 1.32. The first-order valence-corrected chi connectivity index (χ1v) is 6.68. The first-order valence-electron chi connectivity index (χ1n) is 4.61. The molecule has 1 aromatic rings. The van der Waals surface area contributed by atoms with Crippen molar-refractivity contribution in [3.8, 4) is 0 Å². The maximum Gasteiger partial charge on any atom is 0.302 e. The number of hydrogen-bond donors (Lipinski definition) is 2. The lowest BCUT2D eigenvalue weighted by molar-refractivity contribution is 0.0714. The van der Waals surface area contributed by atoms with Gasteiger partial charge in [-0.1, -0.05) is 30.3 Å². The van der Waals surface area contributed by atoms with Gasteiger partial charge in [0.1, 0.15) is 12.2 Å². The zero-order valence-corrected chi connectivity index (χ0v) is 10.5. The SMILES string of the molecule is CC(OS(=O)O)C(OS(=O)O)c1ccccc1. The van der Waals surface area contributed by atoms with Crippen LogP contribution in [0.3, 0.4) is 0 Å². The molecule has 0 fully saturated rings. The molecule has 0 saturated heterocycles. The molecular weight excluding hydrogens is 268 g/mol. The molecule has 6 nitrogen and oxygen atoms in total. The van der Waals surface area contributed by atoms with Crippen LogP contribution < -0.4 is 0 Å². The van der Waals surface area contributed by atoms with Gasteiger partial charge in [0, 0.05) is 0 Å². The first kappa shape index (κ1) is 14.4. The van der Waals surface area contributed by atoms with Crippen LogP contribution in [-0.2, 0) is 31.1 Å². The molecule has 0 aliphatic carbocycles. The van der Waals surface area contributed by atoms with E-state index in [0.717, 1.165) is 0 Å². The molecule has 1 aromatic carbocycles. The van der Waals surface area contributed by atoms with Crippen LogP contribution in [-0.4, -0.2) is 23.6 Å². The van der Waals surface area contributed by atoms with Gasteiger partial charge in [-0.25, -0.2) is 0 Å². The zero-order chi connectivity index (χ0) is 12.8. The molecule has 0 aliphatic rings. The van der Waals surface area contributed by atoms with Gasteiger partial charge in [-0.15, -0.1) is 0 Å². The highest BCUT2D eigenvalue weighted by atomic mass is 32.2. The van der Waals surface area contributed by atoms with E-state index >= 15 is 0 Å². The Balaban J connectivity index is 2.87. The van der Waals surface area contributed by atoms with Gasteiger partial charge in [0.05, 0.1) is 0 Å². The van der Waals surface area contributed by atoms with E-state index in [9.17, 15) is 8.42 Å². The first-order chi connectivity index (χ1) is 8.00. The Hall–Kier alpha value is -0.640. The summed E-state index contributed by atoms with van der Waals surface area (Å²) in [4.78, 5) is 0. The minimum absolute atomic E-state index is 0.577. The van der Waals surface area contributed by atoms with Crippen molar-refractivity contribution in [1.82, 2.24) is 0 Å². The van der Waals surface area contributed by atoms with Gasteiger partial charge in [0.25, 0.3) is 0 Å². The van der Waals surface area contributed by atoms with Crippen molar-refractivity contribution in [3.05, 3.63) is 35.9 Å². The summed E-state index contributed by atoms with van der Waals surface area (Å²) in [6, 6.07) is 8.53. The van der Waals surface area contributed by atoms with E-state index in [1.54, 1.807) is 30.3 Å². The Morgan fingerprint density at radius 3 is 2.06 bits per heavy atom. The summed E-state index contributed by atoms with van der Waals surface area (Å²) < 4.78 is 47.9. The standard InChI is InChI=1S/C9H12O6S2/c1-7(14-16(10)11)9(15-17(12)13)8-5-3-2-4-6-8/h2-7,9H,1H3,(H,10,11)(H,12,13). The Bertz CT molecular complexity index is 396. The fourth-order valence-corrected chi connectivity index (χ4v) is 2.12. The van der Waals surface area contributed by atoms with Crippen molar-refractivity contribution in [2.45, 2.75) is 19.1 Å². The predicted octanol–water partition coefficient (Wildman–Crippen LogP) is 1.42. The van der Waals surface area contributed by atoms with Crippen molar-refractivity contribution < 1.29 is 25.9 Å². The van der Waals surface area contributed by atoms with Crippen molar-refractivity contribution in [2.75, 3.05) is 0 Å². The van der Waals surface area contributed by atoms with Gasteiger partial charge in [0.15, 0.2) is 0 Å². The van der Waals surface area contributed by atoms with E-state index in [-0.39, 0.29) is 0 Å². The van der Waals surface area contributed by atoms with E-state index in [1.807, 2.05) is 0 Å². The second kappa shape index (κ2) is 6.94. The Kier molecular flexibility index (Phi) is 5.89. The van der Waals surface area contributed by atoms with Crippen molar-refractivity contribution in [3.63, 3.8) is 0 Å². The molecule has 0 radical (unpaired) electrons. The van der Waals surface area contributed by atoms with Crippen LogP contribution in [0.15, 0.2) is 30.3 Å². The molecule has 0 aromatic heterocycles. The largest absolute Gasteiger partial charge is 0.302 e. The summed E-state index contributed by atoms with van der Waals surface area (Å²) in [5.41, 5.74) is 0.577. The lowest BCUT2D eigenvalue weighted by atomic mass is 10.1. The van der Waals surface area contributed by atoms with Crippen LogP contribution in [0.2, 0.25) is 0 Å². The summed E-state index contributed by atoms with van der Waals surface area (Å²) in [5, 5.41) is 0. The monoisotopic (exact) mass is 280 g/mol.